The first-order valence-corrected chi connectivity index (χ1v) is 4.32. The summed E-state index contributed by atoms with van der Waals surface area (Å²) in [6.45, 7) is 2.98. The third kappa shape index (κ3) is 2.82. The molecule has 0 aromatic carbocycles. The maximum atomic E-state index is 11.0. The highest BCUT2D eigenvalue weighted by Crippen LogP contribution is 2.04. The minimum Gasteiger partial charge on any atom is -0.373 e. The molecule has 0 saturated heterocycles. The van der Waals surface area contributed by atoms with Crippen LogP contribution in [0.4, 0.5) is 0 Å². The van der Waals surface area contributed by atoms with E-state index in [1.54, 1.807) is 0 Å². The number of ether oxygens (including phenoxy) is 1. The van der Waals surface area contributed by atoms with Crippen molar-refractivity contribution in [2.24, 2.45) is 5.84 Å². The van der Waals surface area contributed by atoms with Crippen molar-refractivity contribution in [3.05, 3.63) is 17.5 Å². The SMILES string of the molecule is CCCOCc1cc(C(=O)NN)no1. The molecular weight excluding hydrogens is 186 g/mol. The molecule has 6 nitrogen and oxygen atoms in total. The van der Waals surface area contributed by atoms with Crippen LogP contribution in [-0.2, 0) is 11.3 Å². The third-order valence-corrected chi connectivity index (χ3v) is 1.52. The molecule has 1 rings (SSSR count). The van der Waals surface area contributed by atoms with Gasteiger partial charge in [-0.15, -0.1) is 0 Å². The van der Waals surface area contributed by atoms with Crippen molar-refractivity contribution in [1.82, 2.24) is 10.6 Å². The molecule has 3 N–H and O–H groups in total. The summed E-state index contributed by atoms with van der Waals surface area (Å²) in [4.78, 5) is 11.0. The number of nitrogen functional groups attached to an aromatic ring is 1. The van der Waals surface area contributed by atoms with E-state index in [2.05, 4.69) is 5.16 Å². The molecular formula is C8H13N3O3. The van der Waals surface area contributed by atoms with Gasteiger partial charge in [0, 0.05) is 12.7 Å². The average Bonchev–Trinajstić information content (AvgIpc) is 2.66. The summed E-state index contributed by atoms with van der Waals surface area (Å²) >= 11 is 0. The largest absolute Gasteiger partial charge is 0.373 e. The number of nitrogens with one attached hydrogen (secondary N) is 1. The molecule has 1 aromatic heterocycles. The predicted octanol–water partition coefficient (Wildman–Crippen LogP) is 0.205. The molecule has 0 bridgehead atoms. The van der Waals surface area contributed by atoms with E-state index >= 15 is 0 Å². The highest BCUT2D eigenvalue weighted by Gasteiger charge is 2.10. The van der Waals surface area contributed by atoms with E-state index in [1.807, 2.05) is 12.3 Å². The first-order valence-electron chi connectivity index (χ1n) is 4.32. The number of carbonyl (C=O) groups is 1. The molecule has 0 saturated carbocycles. The van der Waals surface area contributed by atoms with E-state index in [0.29, 0.717) is 19.0 Å². The summed E-state index contributed by atoms with van der Waals surface area (Å²) in [5.41, 5.74) is 2.11. The second-order valence-electron chi connectivity index (χ2n) is 2.70. The topological polar surface area (TPSA) is 90.4 Å². The maximum Gasteiger partial charge on any atom is 0.287 e. The summed E-state index contributed by atoms with van der Waals surface area (Å²) in [6.07, 6.45) is 0.935. The molecule has 1 heterocycles. The number of rotatable bonds is 5. The lowest BCUT2D eigenvalue weighted by molar-refractivity contribution is 0.0938. The van der Waals surface area contributed by atoms with Gasteiger partial charge in [0.15, 0.2) is 11.5 Å². The Morgan fingerprint density at radius 3 is 3.21 bits per heavy atom. The van der Waals surface area contributed by atoms with Crippen LogP contribution in [0.5, 0.6) is 0 Å². The Labute approximate surface area is 81.4 Å². The van der Waals surface area contributed by atoms with Gasteiger partial charge < -0.3 is 9.26 Å². The van der Waals surface area contributed by atoms with Gasteiger partial charge in [-0.3, -0.25) is 10.2 Å². The average molecular weight is 199 g/mol. The monoisotopic (exact) mass is 199 g/mol. The van der Waals surface area contributed by atoms with E-state index < -0.39 is 5.91 Å². The van der Waals surface area contributed by atoms with Gasteiger partial charge in [-0.25, -0.2) is 5.84 Å². The van der Waals surface area contributed by atoms with Crippen LogP contribution in [0.15, 0.2) is 10.6 Å². The fourth-order valence-electron chi connectivity index (χ4n) is 0.879. The zero-order valence-electron chi connectivity index (χ0n) is 7.95. The Balaban J connectivity index is 2.46. The molecule has 6 heteroatoms. The Bertz CT molecular complexity index is 298. The van der Waals surface area contributed by atoms with Crippen molar-refractivity contribution in [2.45, 2.75) is 20.0 Å². The number of hydrogen-bond donors (Lipinski definition) is 2. The number of hydrazine groups is 1. The smallest absolute Gasteiger partial charge is 0.287 e. The summed E-state index contributed by atoms with van der Waals surface area (Å²) in [5.74, 6) is 4.96. The minimum atomic E-state index is -0.476. The summed E-state index contributed by atoms with van der Waals surface area (Å²) < 4.78 is 10.0. The molecule has 0 atom stereocenters. The van der Waals surface area contributed by atoms with Crippen LogP contribution >= 0.6 is 0 Å². The van der Waals surface area contributed by atoms with E-state index in [4.69, 9.17) is 15.1 Å². The molecule has 78 valence electrons. The molecule has 1 aromatic rings. The molecule has 14 heavy (non-hydrogen) atoms. The Hall–Kier alpha value is -1.40. The number of nitrogens with zero attached hydrogens (tertiary/aromatic N) is 1. The van der Waals surface area contributed by atoms with Gasteiger partial charge in [-0.1, -0.05) is 12.1 Å². The molecule has 1 amide bonds. The number of carbonyl (C=O) groups excluding carboxylic acids is 1. The Kier molecular flexibility index (Phi) is 4.09. The first kappa shape index (κ1) is 10.7. The van der Waals surface area contributed by atoms with Crippen LogP contribution in [0.2, 0.25) is 0 Å². The maximum absolute atomic E-state index is 11.0. The van der Waals surface area contributed by atoms with Crippen molar-refractivity contribution >= 4 is 5.91 Å². The van der Waals surface area contributed by atoms with Crippen molar-refractivity contribution in [3.8, 4) is 0 Å². The third-order valence-electron chi connectivity index (χ3n) is 1.52. The second-order valence-corrected chi connectivity index (χ2v) is 2.70. The molecule has 0 aliphatic rings. The fourth-order valence-corrected chi connectivity index (χ4v) is 0.879. The van der Waals surface area contributed by atoms with Crippen LogP contribution in [0, 0.1) is 0 Å². The number of nitrogens with two attached hydrogens (primary N) is 1. The molecule has 0 aliphatic carbocycles. The summed E-state index contributed by atoms with van der Waals surface area (Å²) in [6, 6.07) is 1.50. The van der Waals surface area contributed by atoms with Crippen LogP contribution in [-0.4, -0.2) is 17.7 Å². The van der Waals surface area contributed by atoms with Crippen LogP contribution in [0.1, 0.15) is 29.6 Å². The van der Waals surface area contributed by atoms with Gasteiger partial charge in [0.2, 0.25) is 0 Å². The summed E-state index contributed by atoms with van der Waals surface area (Å²) in [5, 5.41) is 3.52. The van der Waals surface area contributed by atoms with Crippen LogP contribution < -0.4 is 11.3 Å². The van der Waals surface area contributed by atoms with Gasteiger partial charge in [-0.05, 0) is 6.42 Å². The Morgan fingerprint density at radius 1 is 1.79 bits per heavy atom. The van der Waals surface area contributed by atoms with E-state index in [-0.39, 0.29) is 5.69 Å². The number of aromatic nitrogens is 1. The lowest BCUT2D eigenvalue weighted by atomic mass is 10.3. The predicted molar refractivity (Wildman–Crippen MR) is 48.1 cm³/mol. The van der Waals surface area contributed by atoms with E-state index in [1.165, 1.54) is 6.07 Å². The van der Waals surface area contributed by atoms with Gasteiger partial charge in [0.05, 0.1) is 0 Å². The number of hydrogen-bond acceptors (Lipinski definition) is 5. The standard InChI is InChI=1S/C8H13N3O3/c1-2-3-13-5-6-4-7(11-14-6)8(12)10-9/h4H,2-3,5,9H2,1H3,(H,10,12). The van der Waals surface area contributed by atoms with Gasteiger partial charge in [-0.2, -0.15) is 0 Å². The zero-order valence-corrected chi connectivity index (χ0v) is 7.95. The Morgan fingerprint density at radius 2 is 2.57 bits per heavy atom. The quantitative estimate of drug-likeness (QED) is 0.306. The van der Waals surface area contributed by atoms with E-state index in [9.17, 15) is 4.79 Å². The molecule has 0 spiro atoms. The number of amides is 1. The second kappa shape index (κ2) is 5.36. The lowest BCUT2D eigenvalue weighted by Gasteiger charge is -1.96. The van der Waals surface area contributed by atoms with Crippen LogP contribution in [0.3, 0.4) is 0 Å². The summed E-state index contributed by atoms with van der Waals surface area (Å²) in [7, 11) is 0. The van der Waals surface area contributed by atoms with Gasteiger partial charge in [0.1, 0.15) is 6.61 Å². The molecule has 0 fully saturated rings. The normalized spacial score (nSPS) is 10.1. The van der Waals surface area contributed by atoms with Crippen molar-refractivity contribution in [3.63, 3.8) is 0 Å². The molecule has 0 aliphatic heterocycles. The zero-order chi connectivity index (χ0) is 10.4. The first-order chi connectivity index (χ1) is 6.77. The highest BCUT2D eigenvalue weighted by atomic mass is 16.5. The van der Waals surface area contributed by atoms with Crippen LogP contribution in [0.25, 0.3) is 0 Å². The van der Waals surface area contributed by atoms with Crippen molar-refractivity contribution in [2.75, 3.05) is 6.61 Å². The van der Waals surface area contributed by atoms with Crippen molar-refractivity contribution in [1.29, 1.82) is 0 Å². The van der Waals surface area contributed by atoms with Crippen molar-refractivity contribution < 1.29 is 14.1 Å². The molecule has 0 radical (unpaired) electrons. The fraction of sp³-hybridized carbons (Fsp3) is 0.500. The van der Waals surface area contributed by atoms with Gasteiger partial charge >= 0.3 is 0 Å². The highest BCUT2D eigenvalue weighted by molar-refractivity contribution is 5.91. The van der Waals surface area contributed by atoms with Gasteiger partial charge in [0.25, 0.3) is 5.91 Å². The minimum absolute atomic E-state index is 0.155. The lowest BCUT2D eigenvalue weighted by Crippen LogP contribution is -2.30. The van der Waals surface area contributed by atoms with E-state index in [0.717, 1.165) is 6.42 Å². The molecule has 0 unspecified atom stereocenters.